The highest BCUT2D eigenvalue weighted by molar-refractivity contribution is 7.22. The molecule has 0 N–H and O–H groups in total. The second kappa shape index (κ2) is 7.96. The lowest BCUT2D eigenvalue weighted by molar-refractivity contribution is 0.0989. The van der Waals surface area contributed by atoms with Crippen molar-refractivity contribution < 1.29 is 4.79 Å². The number of nitrogens with zero attached hydrogens (tertiary/aromatic N) is 5. The standard InChI is InChI=1S/C17H20ClN5OS2/c1-10-12(18)6-7-13-14(10)19-17(25-13)23(9-5-8-22(3)4)16(24)15-11(2)20-21-26-15/h6-7H,5,8-9H2,1-4H3. The Morgan fingerprint density at radius 1 is 1.23 bits per heavy atom. The normalized spacial score (nSPS) is 11.5. The molecule has 3 aromatic rings. The Labute approximate surface area is 165 Å². The molecule has 3 rings (SSSR count). The van der Waals surface area contributed by atoms with Gasteiger partial charge in [0.15, 0.2) is 5.13 Å². The molecule has 0 saturated carbocycles. The summed E-state index contributed by atoms with van der Waals surface area (Å²) in [6, 6.07) is 3.82. The fourth-order valence-corrected chi connectivity index (χ4v) is 4.39. The fourth-order valence-electron chi connectivity index (χ4n) is 2.58. The first kappa shape index (κ1) is 19.2. The second-order valence-electron chi connectivity index (χ2n) is 6.32. The van der Waals surface area contributed by atoms with Gasteiger partial charge in [0.25, 0.3) is 5.91 Å². The van der Waals surface area contributed by atoms with Gasteiger partial charge in [-0.25, -0.2) is 4.98 Å². The van der Waals surface area contributed by atoms with Crippen molar-refractivity contribution in [2.45, 2.75) is 20.3 Å². The molecule has 0 radical (unpaired) electrons. The van der Waals surface area contributed by atoms with Crippen LogP contribution < -0.4 is 4.90 Å². The van der Waals surface area contributed by atoms with Crippen molar-refractivity contribution in [3.05, 3.63) is 33.3 Å². The molecule has 9 heteroatoms. The lowest BCUT2D eigenvalue weighted by Gasteiger charge is -2.20. The van der Waals surface area contributed by atoms with Gasteiger partial charge in [-0.2, -0.15) is 0 Å². The number of aromatic nitrogens is 3. The van der Waals surface area contributed by atoms with E-state index in [1.54, 1.807) is 11.8 Å². The largest absolute Gasteiger partial charge is 0.309 e. The Kier molecular flexibility index (Phi) is 5.86. The molecule has 6 nitrogen and oxygen atoms in total. The molecule has 1 aromatic carbocycles. The number of carbonyl (C=O) groups is 1. The number of hydrogen-bond donors (Lipinski definition) is 0. The molecule has 0 fully saturated rings. The maximum Gasteiger partial charge on any atom is 0.273 e. The number of aryl methyl sites for hydroxylation is 2. The topological polar surface area (TPSA) is 62.2 Å². The van der Waals surface area contributed by atoms with Gasteiger partial charge in [-0.1, -0.05) is 27.4 Å². The molecule has 0 aliphatic rings. The number of halogens is 1. The highest BCUT2D eigenvalue weighted by Gasteiger charge is 2.25. The summed E-state index contributed by atoms with van der Waals surface area (Å²) in [6.45, 7) is 5.22. The molecule has 1 amide bonds. The minimum atomic E-state index is -0.0981. The molecule has 0 aliphatic carbocycles. The SMILES string of the molecule is Cc1nnsc1C(=O)N(CCCN(C)C)c1nc2c(C)c(Cl)ccc2s1. The van der Waals surface area contributed by atoms with Crippen LogP contribution in [-0.2, 0) is 0 Å². The van der Waals surface area contributed by atoms with E-state index in [1.807, 2.05) is 33.2 Å². The summed E-state index contributed by atoms with van der Waals surface area (Å²) < 4.78 is 4.92. The van der Waals surface area contributed by atoms with Gasteiger partial charge in [0, 0.05) is 11.6 Å². The van der Waals surface area contributed by atoms with Crippen molar-refractivity contribution in [1.29, 1.82) is 0 Å². The summed E-state index contributed by atoms with van der Waals surface area (Å²) >= 11 is 8.85. The second-order valence-corrected chi connectivity index (χ2v) is 8.49. The van der Waals surface area contributed by atoms with E-state index in [4.69, 9.17) is 16.6 Å². The van der Waals surface area contributed by atoms with Gasteiger partial charge in [0.1, 0.15) is 4.88 Å². The molecular weight excluding hydrogens is 390 g/mol. The Bertz CT molecular complexity index is 937. The Morgan fingerprint density at radius 2 is 2.00 bits per heavy atom. The highest BCUT2D eigenvalue weighted by atomic mass is 35.5. The predicted molar refractivity (Wildman–Crippen MR) is 109 cm³/mol. The molecule has 0 atom stereocenters. The minimum absolute atomic E-state index is 0.0981. The molecule has 138 valence electrons. The number of carbonyl (C=O) groups excluding carboxylic acids is 1. The fraction of sp³-hybridized carbons (Fsp3) is 0.412. The van der Waals surface area contributed by atoms with Gasteiger partial charge >= 0.3 is 0 Å². The van der Waals surface area contributed by atoms with Gasteiger partial charge in [-0.3, -0.25) is 9.69 Å². The van der Waals surface area contributed by atoms with E-state index in [2.05, 4.69) is 14.5 Å². The molecule has 0 aliphatic heterocycles. The average Bonchev–Trinajstić information content (AvgIpc) is 3.21. The number of fused-ring (bicyclic) bond motifs is 1. The lowest BCUT2D eigenvalue weighted by Crippen LogP contribution is -2.33. The smallest absolute Gasteiger partial charge is 0.273 e. The third-order valence-corrected chi connectivity index (χ3v) is 6.31. The number of benzene rings is 1. The van der Waals surface area contributed by atoms with Crippen molar-refractivity contribution >= 4 is 55.7 Å². The third kappa shape index (κ3) is 3.88. The van der Waals surface area contributed by atoms with Crippen LogP contribution in [-0.4, -0.2) is 52.6 Å². The van der Waals surface area contributed by atoms with Crippen molar-refractivity contribution in [2.24, 2.45) is 0 Å². The van der Waals surface area contributed by atoms with Crippen LogP contribution in [0.1, 0.15) is 27.3 Å². The molecule has 2 aromatic heterocycles. The number of thiazole rings is 1. The molecule has 0 bridgehead atoms. The van der Waals surface area contributed by atoms with E-state index >= 15 is 0 Å². The molecule has 0 saturated heterocycles. The molecule has 26 heavy (non-hydrogen) atoms. The number of hydrogen-bond acceptors (Lipinski definition) is 7. The van der Waals surface area contributed by atoms with Crippen LogP contribution >= 0.6 is 34.5 Å². The monoisotopic (exact) mass is 409 g/mol. The molecular formula is C17H20ClN5OS2. The molecule has 0 unspecified atom stereocenters. The number of rotatable bonds is 6. The zero-order valence-electron chi connectivity index (χ0n) is 15.1. The Hall–Kier alpha value is -1.61. The van der Waals surface area contributed by atoms with E-state index in [0.29, 0.717) is 27.3 Å². The van der Waals surface area contributed by atoms with Crippen LogP contribution in [0.3, 0.4) is 0 Å². The summed E-state index contributed by atoms with van der Waals surface area (Å²) in [6.07, 6.45) is 0.847. The van der Waals surface area contributed by atoms with Crippen LogP contribution in [0.15, 0.2) is 12.1 Å². The average molecular weight is 410 g/mol. The van der Waals surface area contributed by atoms with Crippen LogP contribution in [0, 0.1) is 13.8 Å². The van der Waals surface area contributed by atoms with Crippen molar-refractivity contribution in [2.75, 3.05) is 32.1 Å². The van der Waals surface area contributed by atoms with Gasteiger partial charge in [0.2, 0.25) is 0 Å². The maximum absolute atomic E-state index is 13.1. The van der Waals surface area contributed by atoms with E-state index in [0.717, 1.165) is 40.3 Å². The zero-order valence-corrected chi connectivity index (χ0v) is 17.5. The summed E-state index contributed by atoms with van der Waals surface area (Å²) in [5, 5.41) is 5.33. The maximum atomic E-state index is 13.1. The highest BCUT2D eigenvalue weighted by Crippen LogP contribution is 2.34. The van der Waals surface area contributed by atoms with Crippen molar-refractivity contribution in [3.63, 3.8) is 0 Å². The first-order valence-corrected chi connectivity index (χ1v) is 10.2. The van der Waals surface area contributed by atoms with Crippen molar-refractivity contribution in [1.82, 2.24) is 19.5 Å². The molecule has 0 spiro atoms. The minimum Gasteiger partial charge on any atom is -0.309 e. The zero-order chi connectivity index (χ0) is 18.8. The summed E-state index contributed by atoms with van der Waals surface area (Å²) in [5.41, 5.74) is 2.43. The van der Waals surface area contributed by atoms with Gasteiger partial charge in [0.05, 0.1) is 15.9 Å². The molecule has 2 heterocycles. The van der Waals surface area contributed by atoms with Gasteiger partial charge in [-0.05, 0) is 70.1 Å². The van der Waals surface area contributed by atoms with Crippen LogP contribution in [0.5, 0.6) is 0 Å². The Morgan fingerprint density at radius 3 is 2.65 bits per heavy atom. The summed E-state index contributed by atoms with van der Waals surface area (Å²) in [7, 11) is 4.04. The van der Waals surface area contributed by atoms with E-state index in [9.17, 15) is 4.79 Å². The first-order valence-electron chi connectivity index (χ1n) is 8.19. The summed E-state index contributed by atoms with van der Waals surface area (Å²) in [5.74, 6) is -0.0981. The first-order chi connectivity index (χ1) is 12.4. The van der Waals surface area contributed by atoms with E-state index in [1.165, 1.54) is 11.3 Å². The van der Waals surface area contributed by atoms with Gasteiger partial charge < -0.3 is 4.90 Å². The van der Waals surface area contributed by atoms with E-state index in [-0.39, 0.29) is 5.91 Å². The van der Waals surface area contributed by atoms with E-state index < -0.39 is 0 Å². The lowest BCUT2D eigenvalue weighted by atomic mass is 10.2. The van der Waals surface area contributed by atoms with Crippen LogP contribution in [0.25, 0.3) is 10.2 Å². The van der Waals surface area contributed by atoms with Crippen LogP contribution in [0.2, 0.25) is 5.02 Å². The predicted octanol–water partition coefficient (Wildman–Crippen LogP) is 4.02. The number of amides is 1. The third-order valence-electron chi connectivity index (χ3n) is 4.05. The number of anilines is 1. The van der Waals surface area contributed by atoms with Crippen molar-refractivity contribution in [3.8, 4) is 0 Å². The van der Waals surface area contributed by atoms with Crippen LogP contribution in [0.4, 0.5) is 5.13 Å². The van der Waals surface area contributed by atoms with Gasteiger partial charge in [-0.15, -0.1) is 5.10 Å². The summed E-state index contributed by atoms with van der Waals surface area (Å²) in [4.78, 5) is 22.2. The quantitative estimate of drug-likeness (QED) is 0.615. The Balaban J connectivity index is 1.98.